The lowest BCUT2D eigenvalue weighted by Crippen LogP contribution is -2.23. The lowest BCUT2D eigenvalue weighted by molar-refractivity contribution is -0.122. The molecule has 2 atom stereocenters. The predicted molar refractivity (Wildman–Crippen MR) is 64.4 cm³/mol. The molecule has 2 rings (SSSR count). The van der Waals surface area contributed by atoms with E-state index in [1.165, 1.54) is 6.20 Å². The van der Waals surface area contributed by atoms with Gasteiger partial charge in [-0.25, -0.2) is 8.42 Å². The van der Waals surface area contributed by atoms with E-state index in [1.54, 1.807) is 18.2 Å². The molecular weight excluding hydrogens is 252 g/mol. The largest absolute Gasteiger partial charge is 0.297 e. The van der Waals surface area contributed by atoms with Gasteiger partial charge in [-0.3, -0.25) is 9.78 Å². The molecule has 5 nitrogen and oxygen atoms in total. The van der Waals surface area contributed by atoms with Crippen LogP contribution in [0.5, 0.6) is 0 Å². The van der Waals surface area contributed by atoms with Crippen LogP contribution < -0.4 is 0 Å². The normalized spacial score (nSPS) is 23.2. The average molecular weight is 264 g/mol. The Balaban J connectivity index is 2.21. The summed E-state index contributed by atoms with van der Waals surface area (Å²) in [6.45, 7) is 0. The number of ketones is 1. The van der Waals surface area contributed by atoms with Crippen molar-refractivity contribution in [3.05, 3.63) is 30.1 Å². The fourth-order valence-electron chi connectivity index (χ4n) is 2.08. The summed E-state index contributed by atoms with van der Waals surface area (Å²) in [7, 11) is -3.12. The van der Waals surface area contributed by atoms with E-state index in [2.05, 4.69) is 4.98 Å². The number of pyridine rings is 1. The number of carbonyl (C=O) groups is 1. The van der Waals surface area contributed by atoms with Crippen LogP contribution in [0.3, 0.4) is 0 Å². The zero-order chi connectivity index (χ0) is 13.2. The minimum atomic E-state index is -3.12. The van der Waals surface area contributed by atoms with Crippen LogP contribution in [0.4, 0.5) is 0 Å². The summed E-state index contributed by atoms with van der Waals surface area (Å²) in [6, 6.07) is 6.92. The second-order valence-electron chi connectivity index (χ2n) is 4.32. The fraction of sp³-hybridized carbons (Fsp3) is 0.417. The number of rotatable bonds is 3. The quantitative estimate of drug-likeness (QED) is 0.801. The van der Waals surface area contributed by atoms with Crippen molar-refractivity contribution in [3.8, 4) is 6.07 Å². The number of carbonyl (C=O) groups excluding carboxylic acids is 1. The van der Waals surface area contributed by atoms with E-state index >= 15 is 0 Å². The summed E-state index contributed by atoms with van der Waals surface area (Å²) in [6.07, 6.45) is 1.82. The number of sulfone groups is 1. The van der Waals surface area contributed by atoms with E-state index < -0.39 is 21.7 Å². The first-order chi connectivity index (χ1) is 8.53. The average Bonchev–Trinajstić information content (AvgIpc) is 2.72. The van der Waals surface area contributed by atoms with Crippen molar-refractivity contribution in [3.63, 3.8) is 0 Å². The summed E-state index contributed by atoms with van der Waals surface area (Å²) < 4.78 is 22.7. The third-order valence-electron chi connectivity index (χ3n) is 3.03. The molecule has 1 aliphatic heterocycles. The maximum absolute atomic E-state index is 12.1. The maximum Gasteiger partial charge on any atom is 0.160 e. The molecule has 0 saturated carbocycles. The van der Waals surface area contributed by atoms with Crippen molar-refractivity contribution >= 4 is 15.6 Å². The molecule has 2 heterocycles. The van der Waals surface area contributed by atoms with Crippen molar-refractivity contribution in [1.82, 2.24) is 4.98 Å². The Kier molecular flexibility index (Phi) is 3.43. The molecule has 0 bridgehead atoms. The molecule has 1 aromatic rings. The van der Waals surface area contributed by atoms with Crippen LogP contribution in [0.2, 0.25) is 0 Å². The zero-order valence-electron chi connectivity index (χ0n) is 9.61. The lowest BCUT2D eigenvalue weighted by Gasteiger charge is -2.11. The number of nitriles is 1. The third-order valence-corrected chi connectivity index (χ3v) is 4.80. The smallest absolute Gasteiger partial charge is 0.160 e. The van der Waals surface area contributed by atoms with Gasteiger partial charge in [-0.15, -0.1) is 0 Å². The predicted octanol–water partition coefficient (Wildman–Crippen LogP) is 0.693. The molecule has 1 fully saturated rings. The van der Waals surface area contributed by atoms with Crippen molar-refractivity contribution in [2.75, 3.05) is 11.5 Å². The maximum atomic E-state index is 12.1. The van der Waals surface area contributed by atoms with Gasteiger partial charge in [0, 0.05) is 12.1 Å². The summed E-state index contributed by atoms with van der Waals surface area (Å²) in [5, 5.41) is 9.08. The van der Waals surface area contributed by atoms with Crippen LogP contribution in [0.15, 0.2) is 24.4 Å². The number of Topliss-reactive ketones (excluding diaryl/α,β-unsaturated/α-hetero) is 1. The molecule has 94 valence electrons. The topological polar surface area (TPSA) is 87.9 Å². The molecular formula is C12H12N2O3S. The zero-order valence-corrected chi connectivity index (χ0v) is 10.4. The molecule has 2 unspecified atom stereocenters. The highest BCUT2D eigenvalue weighted by atomic mass is 32.2. The number of nitrogens with zero attached hydrogens (tertiary/aromatic N) is 2. The van der Waals surface area contributed by atoms with Crippen LogP contribution in [0.1, 0.15) is 18.0 Å². The Morgan fingerprint density at radius 3 is 2.78 bits per heavy atom. The van der Waals surface area contributed by atoms with Gasteiger partial charge < -0.3 is 0 Å². The number of aromatic nitrogens is 1. The van der Waals surface area contributed by atoms with Gasteiger partial charge in [0.05, 0.1) is 23.3 Å². The summed E-state index contributed by atoms with van der Waals surface area (Å²) >= 11 is 0. The molecule has 0 N–H and O–H groups in total. The van der Waals surface area contributed by atoms with Gasteiger partial charge in [-0.2, -0.15) is 5.26 Å². The van der Waals surface area contributed by atoms with Crippen LogP contribution in [0.25, 0.3) is 0 Å². The van der Waals surface area contributed by atoms with Gasteiger partial charge >= 0.3 is 0 Å². The monoisotopic (exact) mass is 264 g/mol. The highest BCUT2D eigenvalue weighted by molar-refractivity contribution is 7.91. The summed E-state index contributed by atoms with van der Waals surface area (Å²) in [5.74, 6) is -1.98. The highest BCUT2D eigenvalue weighted by Gasteiger charge is 2.37. The molecule has 0 aromatic carbocycles. The van der Waals surface area contributed by atoms with Crippen LogP contribution in [-0.2, 0) is 14.6 Å². The van der Waals surface area contributed by atoms with Crippen molar-refractivity contribution < 1.29 is 13.2 Å². The van der Waals surface area contributed by atoms with Gasteiger partial charge in [-0.05, 0) is 18.6 Å². The minimum absolute atomic E-state index is 0.0315. The van der Waals surface area contributed by atoms with Crippen LogP contribution >= 0.6 is 0 Å². The second-order valence-corrected chi connectivity index (χ2v) is 6.55. The third kappa shape index (κ3) is 2.57. The first-order valence-electron chi connectivity index (χ1n) is 5.58. The van der Waals surface area contributed by atoms with E-state index in [9.17, 15) is 13.2 Å². The summed E-state index contributed by atoms with van der Waals surface area (Å²) in [4.78, 5) is 16.1. The Morgan fingerprint density at radius 2 is 2.28 bits per heavy atom. The molecule has 0 spiro atoms. The van der Waals surface area contributed by atoms with Crippen LogP contribution in [0, 0.1) is 17.2 Å². The van der Waals surface area contributed by atoms with E-state index in [-0.39, 0.29) is 17.3 Å². The van der Waals surface area contributed by atoms with Gasteiger partial charge in [0.25, 0.3) is 0 Å². The second kappa shape index (κ2) is 4.86. The Labute approximate surface area is 105 Å². The van der Waals surface area contributed by atoms with E-state index in [0.29, 0.717) is 12.1 Å². The molecule has 0 aliphatic carbocycles. The molecule has 18 heavy (non-hydrogen) atoms. The number of hydrogen-bond acceptors (Lipinski definition) is 5. The first kappa shape index (κ1) is 12.7. The number of hydrogen-bond donors (Lipinski definition) is 0. The summed E-state index contributed by atoms with van der Waals surface area (Å²) in [5.41, 5.74) is 0.384. The first-order valence-corrected chi connectivity index (χ1v) is 7.40. The fourth-order valence-corrected chi connectivity index (χ4v) is 3.83. The lowest BCUT2D eigenvalue weighted by atomic mass is 9.91. The Hall–Kier alpha value is -1.74. The van der Waals surface area contributed by atoms with Crippen molar-refractivity contribution in [2.24, 2.45) is 5.92 Å². The SMILES string of the molecule is N#CC(C(=O)C1CCS(=O)(=O)C1)c1ccccn1. The Bertz CT molecular complexity index is 589. The highest BCUT2D eigenvalue weighted by Crippen LogP contribution is 2.26. The van der Waals surface area contributed by atoms with E-state index in [4.69, 9.17) is 5.26 Å². The van der Waals surface area contributed by atoms with Crippen LogP contribution in [-0.4, -0.2) is 30.7 Å². The Morgan fingerprint density at radius 1 is 1.50 bits per heavy atom. The molecule has 1 aliphatic rings. The van der Waals surface area contributed by atoms with Gasteiger partial charge in [0.1, 0.15) is 5.92 Å². The molecule has 6 heteroatoms. The van der Waals surface area contributed by atoms with Gasteiger partial charge in [0.15, 0.2) is 15.6 Å². The van der Waals surface area contributed by atoms with E-state index in [0.717, 1.165) is 0 Å². The minimum Gasteiger partial charge on any atom is -0.297 e. The molecule has 0 radical (unpaired) electrons. The van der Waals surface area contributed by atoms with Gasteiger partial charge in [0.2, 0.25) is 0 Å². The van der Waals surface area contributed by atoms with E-state index in [1.807, 2.05) is 6.07 Å². The van der Waals surface area contributed by atoms with Gasteiger partial charge in [-0.1, -0.05) is 6.07 Å². The molecule has 0 amide bonds. The molecule has 1 saturated heterocycles. The standard InChI is InChI=1S/C12H12N2O3S/c13-7-10(11-3-1-2-5-14-11)12(15)9-4-6-18(16,17)8-9/h1-3,5,9-10H,4,6,8H2. The van der Waals surface area contributed by atoms with Crippen molar-refractivity contribution in [1.29, 1.82) is 5.26 Å². The van der Waals surface area contributed by atoms with Crippen molar-refractivity contribution in [2.45, 2.75) is 12.3 Å². The molecule has 1 aromatic heterocycles.